The number of fused-ring (bicyclic) bond motifs is 1. The summed E-state index contributed by atoms with van der Waals surface area (Å²) in [4.78, 5) is 24.0. The summed E-state index contributed by atoms with van der Waals surface area (Å²) in [5.74, 6) is 0.488. The molecule has 0 radical (unpaired) electrons. The third kappa shape index (κ3) is 7.13. The Balaban J connectivity index is 1.95. The van der Waals surface area contributed by atoms with Crippen molar-refractivity contribution in [1.29, 1.82) is 0 Å². The van der Waals surface area contributed by atoms with Gasteiger partial charge in [0, 0.05) is 41.5 Å². The summed E-state index contributed by atoms with van der Waals surface area (Å²) >= 11 is 7.46. The molecule has 0 aliphatic rings. The highest BCUT2D eigenvalue weighted by molar-refractivity contribution is 7.99. The molecule has 1 amide bonds. The van der Waals surface area contributed by atoms with Gasteiger partial charge in [0.15, 0.2) is 0 Å². The van der Waals surface area contributed by atoms with Crippen molar-refractivity contribution in [3.8, 4) is 0 Å². The van der Waals surface area contributed by atoms with Crippen LogP contribution in [0.1, 0.15) is 0 Å². The highest BCUT2D eigenvalue weighted by Gasteiger charge is 2.13. The molecular formula is C23H25ClFN5O2S. The van der Waals surface area contributed by atoms with Crippen LogP contribution in [0.5, 0.6) is 0 Å². The summed E-state index contributed by atoms with van der Waals surface area (Å²) in [6.45, 7) is 1.23. The van der Waals surface area contributed by atoms with Gasteiger partial charge in [-0.05, 0) is 44.4 Å². The van der Waals surface area contributed by atoms with Crippen LogP contribution in [0.4, 0.5) is 21.6 Å². The lowest BCUT2D eigenvalue weighted by atomic mass is 10.2. The second-order valence-electron chi connectivity index (χ2n) is 7.34. The molecule has 2 N–H and O–H groups in total. The smallest absolute Gasteiger partial charge is 0.248 e. The van der Waals surface area contributed by atoms with E-state index in [1.165, 1.54) is 24.5 Å². The van der Waals surface area contributed by atoms with Gasteiger partial charge >= 0.3 is 0 Å². The van der Waals surface area contributed by atoms with E-state index in [4.69, 9.17) is 16.3 Å². The number of carbonyl (C=O) groups excluding carboxylic acids is 1. The Bertz CT molecular complexity index is 1160. The number of halogens is 2. The van der Waals surface area contributed by atoms with Crippen LogP contribution < -0.4 is 10.6 Å². The second-order valence-corrected chi connectivity index (χ2v) is 8.88. The SMILES string of the molecule is COCCSc1cc2ncnc(Nc3ccc(F)c(Cl)c3)c2cc1NC(=O)/C=C/CN(C)C. The van der Waals surface area contributed by atoms with Crippen LogP contribution in [0.3, 0.4) is 0 Å². The number of nitrogens with one attached hydrogen (secondary N) is 2. The summed E-state index contributed by atoms with van der Waals surface area (Å²) in [6, 6.07) is 8.07. The fraction of sp³-hybridized carbons (Fsp3) is 0.261. The maximum absolute atomic E-state index is 13.5. The van der Waals surface area contributed by atoms with Crippen LogP contribution in [-0.2, 0) is 9.53 Å². The summed E-state index contributed by atoms with van der Waals surface area (Å²) in [5.41, 5.74) is 1.91. The predicted octanol–water partition coefficient (Wildman–Crippen LogP) is 4.96. The number of hydrogen-bond donors (Lipinski definition) is 2. The first-order valence-electron chi connectivity index (χ1n) is 10.1. The van der Waals surface area contributed by atoms with Gasteiger partial charge in [0.1, 0.15) is 18.0 Å². The zero-order chi connectivity index (χ0) is 23.8. The fourth-order valence-corrected chi connectivity index (χ4v) is 4.00. The molecule has 1 heterocycles. The van der Waals surface area contributed by atoms with Crippen molar-refractivity contribution in [2.24, 2.45) is 0 Å². The van der Waals surface area contributed by atoms with Crippen LogP contribution in [0.2, 0.25) is 5.02 Å². The third-order valence-corrected chi connectivity index (χ3v) is 5.77. The van der Waals surface area contributed by atoms with Crippen molar-refractivity contribution in [3.63, 3.8) is 0 Å². The number of anilines is 3. The zero-order valence-electron chi connectivity index (χ0n) is 18.6. The summed E-state index contributed by atoms with van der Waals surface area (Å²) in [6.07, 6.45) is 4.75. The Morgan fingerprint density at radius 2 is 2.09 bits per heavy atom. The standard InChI is InChI=1S/C23H25ClFN5O2S/c1-30(2)8-4-5-22(31)29-20-12-16-19(13-21(20)33-10-9-32-3)26-14-27-23(16)28-15-6-7-18(25)17(24)11-15/h4-7,11-14H,8-10H2,1-3H3,(H,29,31)(H,26,27,28)/b5-4+. The van der Waals surface area contributed by atoms with Crippen LogP contribution in [0.25, 0.3) is 10.9 Å². The highest BCUT2D eigenvalue weighted by atomic mass is 35.5. The van der Waals surface area contributed by atoms with Gasteiger partial charge in [-0.25, -0.2) is 14.4 Å². The molecule has 7 nitrogen and oxygen atoms in total. The normalized spacial score (nSPS) is 11.5. The van der Waals surface area contributed by atoms with Crippen LogP contribution >= 0.6 is 23.4 Å². The molecule has 33 heavy (non-hydrogen) atoms. The van der Waals surface area contributed by atoms with E-state index in [2.05, 4.69) is 20.6 Å². The Morgan fingerprint density at radius 3 is 2.82 bits per heavy atom. The molecule has 3 rings (SSSR count). The van der Waals surface area contributed by atoms with Gasteiger partial charge in [-0.3, -0.25) is 4.79 Å². The van der Waals surface area contributed by atoms with Gasteiger partial charge in [-0.2, -0.15) is 0 Å². The molecule has 0 spiro atoms. The molecule has 3 aromatic rings. The molecule has 0 atom stereocenters. The average molecular weight is 490 g/mol. The Kier molecular flexibility index (Phi) is 9.02. The van der Waals surface area contributed by atoms with E-state index < -0.39 is 5.82 Å². The number of thioether (sulfide) groups is 1. The van der Waals surface area contributed by atoms with Gasteiger partial charge in [0.05, 0.1) is 22.8 Å². The van der Waals surface area contributed by atoms with Crippen molar-refractivity contribution in [1.82, 2.24) is 14.9 Å². The number of carbonyl (C=O) groups is 1. The van der Waals surface area contributed by atoms with Gasteiger partial charge in [-0.15, -0.1) is 11.8 Å². The van der Waals surface area contributed by atoms with E-state index in [-0.39, 0.29) is 10.9 Å². The maximum atomic E-state index is 13.5. The number of methoxy groups -OCH3 is 1. The molecule has 0 saturated carbocycles. The topological polar surface area (TPSA) is 79.4 Å². The molecular weight excluding hydrogens is 465 g/mol. The van der Waals surface area contributed by atoms with Crippen molar-refractivity contribution in [3.05, 3.63) is 59.7 Å². The lowest BCUT2D eigenvalue weighted by Crippen LogP contribution is -2.13. The molecule has 0 aliphatic carbocycles. The monoisotopic (exact) mass is 489 g/mol. The first-order valence-corrected chi connectivity index (χ1v) is 11.5. The maximum Gasteiger partial charge on any atom is 0.248 e. The zero-order valence-corrected chi connectivity index (χ0v) is 20.1. The van der Waals surface area contributed by atoms with E-state index in [0.717, 1.165) is 4.90 Å². The molecule has 0 bridgehead atoms. The molecule has 0 saturated heterocycles. The lowest BCUT2D eigenvalue weighted by molar-refractivity contribution is -0.111. The molecule has 1 aromatic heterocycles. The number of nitrogens with zero attached hydrogens (tertiary/aromatic N) is 3. The van der Waals surface area contributed by atoms with Gasteiger partial charge < -0.3 is 20.3 Å². The number of ether oxygens (including phenoxy) is 1. The Labute approximate surface area is 201 Å². The van der Waals surface area contributed by atoms with Gasteiger partial charge in [-0.1, -0.05) is 17.7 Å². The van der Waals surface area contributed by atoms with Crippen molar-refractivity contribution >= 4 is 57.4 Å². The summed E-state index contributed by atoms with van der Waals surface area (Å²) in [5, 5.41) is 6.81. The summed E-state index contributed by atoms with van der Waals surface area (Å²) in [7, 11) is 5.50. The molecule has 0 aliphatic heterocycles. The quantitative estimate of drug-likeness (QED) is 0.237. The largest absolute Gasteiger partial charge is 0.384 e. The predicted molar refractivity (Wildman–Crippen MR) is 133 cm³/mol. The van der Waals surface area contributed by atoms with Crippen molar-refractivity contribution in [2.45, 2.75) is 4.90 Å². The number of aromatic nitrogens is 2. The highest BCUT2D eigenvalue weighted by Crippen LogP contribution is 2.34. The van der Waals surface area contributed by atoms with E-state index in [9.17, 15) is 9.18 Å². The fourth-order valence-electron chi connectivity index (χ4n) is 2.89. The number of hydrogen-bond acceptors (Lipinski definition) is 7. The number of rotatable bonds is 10. The average Bonchev–Trinajstić information content (AvgIpc) is 2.77. The molecule has 0 fully saturated rings. The first-order chi connectivity index (χ1) is 15.9. The lowest BCUT2D eigenvalue weighted by Gasteiger charge is -2.14. The third-order valence-electron chi connectivity index (χ3n) is 4.46. The van der Waals surface area contributed by atoms with E-state index >= 15 is 0 Å². The van der Waals surface area contributed by atoms with Gasteiger partial charge in [0.25, 0.3) is 0 Å². The summed E-state index contributed by atoms with van der Waals surface area (Å²) < 4.78 is 18.7. The number of benzene rings is 2. The number of likely N-dealkylation sites (N-methyl/N-ethyl adjacent to an activating group) is 1. The van der Waals surface area contributed by atoms with E-state index in [1.807, 2.05) is 31.1 Å². The minimum Gasteiger partial charge on any atom is -0.384 e. The Morgan fingerprint density at radius 1 is 1.27 bits per heavy atom. The van der Waals surface area contributed by atoms with Crippen LogP contribution in [0, 0.1) is 5.82 Å². The molecule has 10 heteroatoms. The molecule has 174 valence electrons. The van der Waals surface area contributed by atoms with Crippen molar-refractivity contribution in [2.75, 3.05) is 50.7 Å². The van der Waals surface area contributed by atoms with E-state index in [0.29, 0.717) is 47.0 Å². The Hall–Kier alpha value is -2.72. The first kappa shape index (κ1) is 24.9. The minimum absolute atomic E-state index is 0.00709. The van der Waals surface area contributed by atoms with Gasteiger partial charge in [0.2, 0.25) is 5.91 Å². The number of amides is 1. The van der Waals surface area contributed by atoms with Crippen molar-refractivity contribution < 1.29 is 13.9 Å². The van der Waals surface area contributed by atoms with Crippen LogP contribution in [0.15, 0.2) is 53.7 Å². The second kappa shape index (κ2) is 11.9. The molecule has 2 aromatic carbocycles. The minimum atomic E-state index is -0.500. The van der Waals surface area contributed by atoms with Crippen LogP contribution in [-0.4, -0.2) is 60.9 Å². The molecule has 0 unspecified atom stereocenters. The van der Waals surface area contributed by atoms with E-state index in [1.54, 1.807) is 31.0 Å².